The van der Waals surface area contributed by atoms with Crippen molar-refractivity contribution in [3.8, 4) is 0 Å². The number of carbonyl (C=O) groups excluding carboxylic acids is 3. The number of nitrogens with one attached hydrogen (secondary N) is 1. The summed E-state index contributed by atoms with van der Waals surface area (Å²) in [4.78, 5) is 35.1. The molecule has 1 amide bonds. The fourth-order valence-electron chi connectivity index (χ4n) is 2.07. The smallest absolute Gasteiger partial charge is 0.331 e. The van der Waals surface area contributed by atoms with Gasteiger partial charge in [0, 0.05) is 22.3 Å². The van der Waals surface area contributed by atoms with Crippen LogP contribution in [0.3, 0.4) is 0 Å². The summed E-state index contributed by atoms with van der Waals surface area (Å²) in [6.45, 7) is 2.94. The van der Waals surface area contributed by atoms with Crippen molar-refractivity contribution >= 4 is 41.0 Å². The minimum atomic E-state index is -0.973. The first-order chi connectivity index (χ1) is 12.3. The summed E-state index contributed by atoms with van der Waals surface area (Å²) >= 11 is 5.87. The Kier molecular flexibility index (Phi) is 6.69. The fraction of sp³-hybridized carbons (Fsp3) is 0.150. The van der Waals surface area contributed by atoms with Crippen molar-refractivity contribution in [2.75, 3.05) is 5.32 Å². The number of hydrogen-bond acceptors (Lipinski definition) is 4. The molecule has 0 radical (unpaired) electrons. The number of rotatable bonds is 6. The first kappa shape index (κ1) is 19.4. The van der Waals surface area contributed by atoms with Crippen molar-refractivity contribution in [2.24, 2.45) is 0 Å². The molecule has 0 heterocycles. The molecule has 0 aromatic heterocycles. The molecule has 0 fully saturated rings. The minimum absolute atomic E-state index is 0.0586. The van der Waals surface area contributed by atoms with Crippen LogP contribution in [-0.4, -0.2) is 23.8 Å². The number of carbonyl (C=O) groups is 3. The van der Waals surface area contributed by atoms with Gasteiger partial charge in [0.25, 0.3) is 5.91 Å². The van der Waals surface area contributed by atoms with Crippen molar-refractivity contribution in [3.05, 3.63) is 70.8 Å². The topological polar surface area (TPSA) is 72.5 Å². The molecule has 2 aromatic carbocycles. The number of benzene rings is 2. The van der Waals surface area contributed by atoms with Gasteiger partial charge in [-0.1, -0.05) is 23.7 Å². The highest BCUT2D eigenvalue weighted by molar-refractivity contribution is 6.30. The van der Waals surface area contributed by atoms with E-state index in [1.165, 1.54) is 19.9 Å². The van der Waals surface area contributed by atoms with E-state index in [-0.39, 0.29) is 5.78 Å². The number of halogens is 1. The Labute approximate surface area is 156 Å². The van der Waals surface area contributed by atoms with E-state index in [2.05, 4.69) is 5.32 Å². The lowest BCUT2D eigenvalue weighted by Crippen LogP contribution is -2.29. The standard InChI is InChI=1S/C20H18ClNO4/c1-13(23)16-7-9-18(10-8-16)22-20(25)14(2)26-19(24)11-6-15-4-3-5-17(21)12-15/h3-12,14H,1-2H3,(H,22,25)/b11-6+/t14-/m0/s1. The molecule has 0 aliphatic heterocycles. The molecule has 5 nitrogen and oxygen atoms in total. The third kappa shape index (κ3) is 5.86. The highest BCUT2D eigenvalue weighted by Gasteiger charge is 2.16. The Morgan fingerprint density at radius 1 is 1.12 bits per heavy atom. The van der Waals surface area contributed by atoms with E-state index < -0.39 is 18.0 Å². The number of esters is 1. The molecule has 0 spiro atoms. The lowest BCUT2D eigenvalue weighted by molar-refractivity contribution is -0.148. The molecule has 0 saturated carbocycles. The lowest BCUT2D eigenvalue weighted by atomic mass is 10.1. The molecule has 0 aliphatic rings. The van der Waals surface area contributed by atoms with Crippen LogP contribution in [0.15, 0.2) is 54.6 Å². The Balaban J connectivity index is 1.89. The van der Waals surface area contributed by atoms with E-state index in [9.17, 15) is 14.4 Å². The predicted molar refractivity (Wildman–Crippen MR) is 101 cm³/mol. The van der Waals surface area contributed by atoms with E-state index in [0.29, 0.717) is 16.3 Å². The van der Waals surface area contributed by atoms with Gasteiger partial charge in [0.15, 0.2) is 11.9 Å². The summed E-state index contributed by atoms with van der Waals surface area (Å²) in [5, 5.41) is 3.18. The van der Waals surface area contributed by atoms with E-state index in [1.54, 1.807) is 54.6 Å². The van der Waals surface area contributed by atoms with Crippen LogP contribution in [0.5, 0.6) is 0 Å². The molecule has 0 saturated heterocycles. The van der Waals surface area contributed by atoms with Gasteiger partial charge in [0.1, 0.15) is 0 Å². The molecular formula is C20H18ClNO4. The average Bonchev–Trinajstić information content (AvgIpc) is 2.60. The van der Waals surface area contributed by atoms with Crippen molar-refractivity contribution in [1.82, 2.24) is 0 Å². The van der Waals surface area contributed by atoms with Gasteiger partial charge in [0.2, 0.25) is 0 Å². The van der Waals surface area contributed by atoms with Gasteiger partial charge in [-0.05, 0) is 61.9 Å². The van der Waals surface area contributed by atoms with E-state index in [1.807, 2.05) is 0 Å². The quantitative estimate of drug-likeness (QED) is 0.471. The minimum Gasteiger partial charge on any atom is -0.449 e. The molecule has 134 valence electrons. The number of Topliss-reactive ketones (excluding diaryl/α,β-unsaturated/α-hetero) is 1. The van der Waals surface area contributed by atoms with Gasteiger partial charge >= 0.3 is 5.97 Å². The number of amides is 1. The summed E-state index contributed by atoms with van der Waals surface area (Å²) in [6, 6.07) is 13.4. The zero-order chi connectivity index (χ0) is 19.1. The molecule has 2 rings (SSSR count). The average molecular weight is 372 g/mol. The maximum atomic E-state index is 12.1. The van der Waals surface area contributed by atoms with Crippen LogP contribution in [-0.2, 0) is 14.3 Å². The fourth-order valence-corrected chi connectivity index (χ4v) is 2.27. The van der Waals surface area contributed by atoms with Crippen molar-refractivity contribution in [2.45, 2.75) is 20.0 Å². The van der Waals surface area contributed by atoms with E-state index in [4.69, 9.17) is 16.3 Å². The number of ketones is 1. The Hall–Kier alpha value is -2.92. The molecule has 0 aliphatic carbocycles. The monoisotopic (exact) mass is 371 g/mol. The normalized spacial score (nSPS) is 11.8. The Bertz CT molecular complexity index is 843. The maximum absolute atomic E-state index is 12.1. The summed E-state index contributed by atoms with van der Waals surface area (Å²) in [7, 11) is 0. The van der Waals surface area contributed by atoms with Gasteiger partial charge in [-0.2, -0.15) is 0 Å². The van der Waals surface area contributed by atoms with Gasteiger partial charge in [0.05, 0.1) is 0 Å². The molecule has 0 bridgehead atoms. The second-order valence-electron chi connectivity index (χ2n) is 5.59. The second-order valence-corrected chi connectivity index (χ2v) is 6.03. The summed E-state index contributed by atoms with van der Waals surface area (Å²) < 4.78 is 5.07. The molecule has 1 N–H and O–H groups in total. The first-order valence-electron chi connectivity index (χ1n) is 7.91. The summed E-state index contributed by atoms with van der Waals surface area (Å²) in [6.07, 6.45) is 1.81. The van der Waals surface area contributed by atoms with E-state index >= 15 is 0 Å². The lowest BCUT2D eigenvalue weighted by Gasteiger charge is -2.12. The molecular weight excluding hydrogens is 354 g/mol. The summed E-state index contributed by atoms with van der Waals surface area (Å²) in [5.74, 6) is -1.17. The highest BCUT2D eigenvalue weighted by atomic mass is 35.5. The molecule has 0 unspecified atom stereocenters. The zero-order valence-electron chi connectivity index (χ0n) is 14.4. The van der Waals surface area contributed by atoms with Crippen molar-refractivity contribution in [1.29, 1.82) is 0 Å². The van der Waals surface area contributed by atoms with Gasteiger partial charge in [-0.15, -0.1) is 0 Å². The van der Waals surface area contributed by atoms with Gasteiger partial charge in [-0.25, -0.2) is 4.79 Å². The molecule has 6 heteroatoms. The van der Waals surface area contributed by atoms with E-state index in [0.717, 1.165) is 5.56 Å². The largest absolute Gasteiger partial charge is 0.449 e. The van der Waals surface area contributed by atoms with Crippen LogP contribution in [0.1, 0.15) is 29.8 Å². The third-order valence-electron chi connectivity index (χ3n) is 3.48. The van der Waals surface area contributed by atoms with Crippen LogP contribution in [0.2, 0.25) is 5.02 Å². The molecule has 2 aromatic rings. The zero-order valence-corrected chi connectivity index (χ0v) is 15.1. The predicted octanol–water partition coefficient (Wildman–Crippen LogP) is 4.13. The van der Waals surface area contributed by atoms with Crippen LogP contribution < -0.4 is 5.32 Å². The van der Waals surface area contributed by atoms with Crippen LogP contribution in [0, 0.1) is 0 Å². The maximum Gasteiger partial charge on any atom is 0.331 e. The van der Waals surface area contributed by atoms with Crippen molar-refractivity contribution in [3.63, 3.8) is 0 Å². The number of ether oxygens (including phenoxy) is 1. The molecule has 1 atom stereocenters. The second kappa shape index (κ2) is 8.97. The van der Waals surface area contributed by atoms with Gasteiger partial charge < -0.3 is 10.1 Å². The van der Waals surface area contributed by atoms with Crippen LogP contribution in [0.25, 0.3) is 6.08 Å². The van der Waals surface area contributed by atoms with Crippen molar-refractivity contribution < 1.29 is 19.1 Å². The first-order valence-corrected chi connectivity index (χ1v) is 8.29. The van der Waals surface area contributed by atoms with Crippen LogP contribution in [0.4, 0.5) is 5.69 Å². The Morgan fingerprint density at radius 3 is 2.42 bits per heavy atom. The summed E-state index contributed by atoms with van der Waals surface area (Å²) in [5.41, 5.74) is 1.81. The highest BCUT2D eigenvalue weighted by Crippen LogP contribution is 2.13. The molecule has 26 heavy (non-hydrogen) atoms. The van der Waals surface area contributed by atoms with Crippen LogP contribution >= 0.6 is 11.6 Å². The number of hydrogen-bond donors (Lipinski definition) is 1. The SMILES string of the molecule is CC(=O)c1ccc(NC(=O)[C@H](C)OC(=O)/C=C/c2cccc(Cl)c2)cc1. The Morgan fingerprint density at radius 2 is 1.81 bits per heavy atom. The third-order valence-corrected chi connectivity index (χ3v) is 3.72. The van der Waals surface area contributed by atoms with Gasteiger partial charge in [-0.3, -0.25) is 9.59 Å². The number of anilines is 1.